The minimum Gasteiger partial charge on any atom is -0.496 e. The van der Waals surface area contributed by atoms with Crippen molar-refractivity contribution in [1.82, 2.24) is 10.9 Å². The molecule has 168 valence electrons. The van der Waals surface area contributed by atoms with Crippen LogP contribution in [0.5, 0.6) is 17.2 Å². The molecule has 0 radical (unpaired) electrons. The number of nitriles is 1. The molecule has 3 aromatic carbocycles. The number of amides is 2. The first kappa shape index (κ1) is 23.2. The van der Waals surface area contributed by atoms with Gasteiger partial charge in [0.15, 0.2) is 6.61 Å². The molecular formula is C25H23N3O5. The van der Waals surface area contributed by atoms with Crippen LogP contribution in [0.15, 0.2) is 60.7 Å². The van der Waals surface area contributed by atoms with Gasteiger partial charge in [-0.25, -0.2) is 0 Å². The summed E-state index contributed by atoms with van der Waals surface area (Å²) in [5.41, 5.74) is 8.21. The van der Waals surface area contributed by atoms with E-state index in [2.05, 4.69) is 16.9 Å². The second-order valence-electron chi connectivity index (χ2n) is 7.01. The molecule has 0 atom stereocenters. The lowest BCUT2D eigenvalue weighted by molar-refractivity contribution is -0.123. The fourth-order valence-corrected chi connectivity index (χ4v) is 3.08. The van der Waals surface area contributed by atoms with E-state index in [-0.39, 0.29) is 12.2 Å². The average Bonchev–Trinajstić information content (AvgIpc) is 2.86. The lowest BCUT2D eigenvalue weighted by atomic mass is 10.0. The number of hydrogen-bond donors (Lipinski definition) is 2. The van der Waals surface area contributed by atoms with Crippen LogP contribution in [0.4, 0.5) is 0 Å². The van der Waals surface area contributed by atoms with E-state index in [0.717, 1.165) is 16.7 Å². The fourth-order valence-electron chi connectivity index (χ4n) is 3.08. The summed E-state index contributed by atoms with van der Waals surface area (Å²) >= 11 is 0. The quantitative estimate of drug-likeness (QED) is 0.540. The van der Waals surface area contributed by atoms with Crippen LogP contribution in [-0.2, 0) is 4.79 Å². The van der Waals surface area contributed by atoms with Gasteiger partial charge in [-0.15, -0.1) is 0 Å². The molecule has 8 nitrogen and oxygen atoms in total. The van der Waals surface area contributed by atoms with E-state index in [4.69, 9.17) is 19.5 Å². The van der Waals surface area contributed by atoms with Crippen molar-refractivity contribution in [2.75, 3.05) is 20.8 Å². The molecule has 0 heterocycles. The minimum atomic E-state index is -0.523. The Hall–Kier alpha value is -4.51. The highest BCUT2D eigenvalue weighted by atomic mass is 16.5. The molecule has 0 bridgehead atoms. The molecule has 0 saturated heterocycles. The van der Waals surface area contributed by atoms with Gasteiger partial charge < -0.3 is 14.2 Å². The summed E-state index contributed by atoms with van der Waals surface area (Å²) in [6, 6.07) is 19.6. The van der Waals surface area contributed by atoms with Gasteiger partial charge in [-0.3, -0.25) is 20.4 Å². The van der Waals surface area contributed by atoms with Crippen molar-refractivity contribution in [3.63, 3.8) is 0 Å². The van der Waals surface area contributed by atoms with E-state index < -0.39 is 11.8 Å². The van der Waals surface area contributed by atoms with Gasteiger partial charge >= 0.3 is 0 Å². The van der Waals surface area contributed by atoms with Crippen LogP contribution in [0.25, 0.3) is 11.1 Å². The predicted octanol–water partition coefficient (Wildman–Crippen LogP) is 3.39. The van der Waals surface area contributed by atoms with Crippen LogP contribution in [0.2, 0.25) is 0 Å². The van der Waals surface area contributed by atoms with E-state index in [1.807, 2.05) is 31.2 Å². The Morgan fingerprint density at radius 2 is 1.42 bits per heavy atom. The summed E-state index contributed by atoms with van der Waals surface area (Å²) in [5.74, 6) is 0.455. The molecule has 0 aliphatic rings. The molecule has 0 aliphatic carbocycles. The third-order valence-corrected chi connectivity index (χ3v) is 4.90. The topological polar surface area (TPSA) is 110 Å². The number of nitrogens with zero attached hydrogens (tertiary/aromatic N) is 1. The lowest BCUT2D eigenvalue weighted by Gasteiger charge is -2.13. The van der Waals surface area contributed by atoms with Crippen molar-refractivity contribution in [3.05, 3.63) is 77.4 Å². The molecule has 2 amide bonds. The fraction of sp³-hybridized carbons (Fsp3) is 0.160. The smallest absolute Gasteiger partial charge is 0.276 e. The van der Waals surface area contributed by atoms with Gasteiger partial charge in [-0.05, 0) is 54.4 Å². The number of hydrazine groups is 1. The first-order valence-corrected chi connectivity index (χ1v) is 10.0. The average molecular weight is 445 g/mol. The number of methoxy groups -OCH3 is 2. The van der Waals surface area contributed by atoms with Gasteiger partial charge in [-0.1, -0.05) is 24.3 Å². The maximum Gasteiger partial charge on any atom is 0.276 e. The molecule has 0 aliphatic heterocycles. The third-order valence-electron chi connectivity index (χ3n) is 4.90. The zero-order chi connectivity index (χ0) is 23.8. The zero-order valence-corrected chi connectivity index (χ0v) is 18.5. The Bertz CT molecular complexity index is 1160. The predicted molar refractivity (Wildman–Crippen MR) is 122 cm³/mol. The minimum absolute atomic E-state index is 0.272. The highest BCUT2D eigenvalue weighted by Gasteiger charge is 2.14. The Morgan fingerprint density at radius 1 is 0.879 bits per heavy atom. The largest absolute Gasteiger partial charge is 0.496 e. The molecule has 2 N–H and O–H groups in total. The molecule has 0 saturated carbocycles. The monoisotopic (exact) mass is 445 g/mol. The summed E-state index contributed by atoms with van der Waals surface area (Å²) in [7, 11) is 3.00. The summed E-state index contributed by atoms with van der Waals surface area (Å²) in [6.07, 6.45) is 0. The molecule has 8 heteroatoms. The Balaban J connectivity index is 1.52. The van der Waals surface area contributed by atoms with Gasteiger partial charge in [0, 0.05) is 11.1 Å². The number of rotatable bonds is 7. The summed E-state index contributed by atoms with van der Waals surface area (Å²) in [6.45, 7) is 1.53. The van der Waals surface area contributed by atoms with Crippen LogP contribution in [0, 0.1) is 18.3 Å². The van der Waals surface area contributed by atoms with Crippen molar-refractivity contribution >= 4 is 11.8 Å². The van der Waals surface area contributed by atoms with Crippen molar-refractivity contribution in [3.8, 4) is 34.4 Å². The standard InChI is InChI=1S/C25H23N3O5/c1-16-22(31-2)12-20(13-23(16)32-3)25(30)28-27-24(29)15-33-21-10-8-19(9-11-21)18-6-4-17(14-26)5-7-18/h4-13H,15H2,1-3H3,(H,27,29)(H,28,30). The van der Waals surface area contributed by atoms with E-state index in [1.54, 1.807) is 36.4 Å². The second-order valence-corrected chi connectivity index (χ2v) is 7.01. The molecule has 0 fully saturated rings. The lowest BCUT2D eigenvalue weighted by Crippen LogP contribution is -2.43. The third kappa shape index (κ3) is 5.80. The Kier molecular flexibility index (Phi) is 7.50. The van der Waals surface area contributed by atoms with Crippen molar-refractivity contribution in [2.45, 2.75) is 6.92 Å². The van der Waals surface area contributed by atoms with Crippen LogP contribution >= 0.6 is 0 Å². The molecular weight excluding hydrogens is 422 g/mol. The van der Waals surface area contributed by atoms with E-state index in [1.165, 1.54) is 14.2 Å². The van der Waals surface area contributed by atoms with E-state index in [9.17, 15) is 9.59 Å². The highest BCUT2D eigenvalue weighted by Crippen LogP contribution is 2.29. The SMILES string of the molecule is COc1cc(C(=O)NNC(=O)COc2ccc(-c3ccc(C#N)cc3)cc2)cc(OC)c1C. The van der Waals surface area contributed by atoms with Gasteiger partial charge in [0.2, 0.25) is 0 Å². The van der Waals surface area contributed by atoms with Gasteiger partial charge in [0.05, 0.1) is 25.9 Å². The molecule has 0 aromatic heterocycles. The van der Waals surface area contributed by atoms with Crippen LogP contribution in [0.1, 0.15) is 21.5 Å². The zero-order valence-electron chi connectivity index (χ0n) is 18.5. The first-order valence-electron chi connectivity index (χ1n) is 10.0. The molecule has 3 aromatic rings. The van der Waals surface area contributed by atoms with E-state index in [0.29, 0.717) is 22.8 Å². The van der Waals surface area contributed by atoms with Gasteiger partial charge in [-0.2, -0.15) is 5.26 Å². The van der Waals surface area contributed by atoms with Crippen molar-refractivity contribution in [1.29, 1.82) is 5.26 Å². The van der Waals surface area contributed by atoms with E-state index >= 15 is 0 Å². The van der Waals surface area contributed by atoms with Crippen LogP contribution < -0.4 is 25.1 Å². The number of benzene rings is 3. The van der Waals surface area contributed by atoms with Crippen molar-refractivity contribution in [2.24, 2.45) is 0 Å². The van der Waals surface area contributed by atoms with Gasteiger partial charge in [0.25, 0.3) is 11.8 Å². The van der Waals surface area contributed by atoms with Gasteiger partial charge in [0.1, 0.15) is 17.2 Å². The number of hydrogen-bond acceptors (Lipinski definition) is 6. The summed E-state index contributed by atoms with van der Waals surface area (Å²) < 4.78 is 16.0. The normalized spacial score (nSPS) is 10.0. The van der Waals surface area contributed by atoms with Crippen molar-refractivity contribution < 1.29 is 23.8 Å². The Morgan fingerprint density at radius 3 is 1.94 bits per heavy atom. The molecule has 0 spiro atoms. The van der Waals surface area contributed by atoms with Crippen LogP contribution in [0.3, 0.4) is 0 Å². The number of carbonyl (C=O) groups is 2. The maximum absolute atomic E-state index is 12.4. The number of ether oxygens (including phenoxy) is 3. The van der Waals surface area contributed by atoms with Crippen LogP contribution in [-0.4, -0.2) is 32.6 Å². The summed E-state index contributed by atoms with van der Waals surface area (Å²) in [4.78, 5) is 24.5. The molecule has 0 unspecified atom stereocenters. The second kappa shape index (κ2) is 10.7. The summed E-state index contributed by atoms with van der Waals surface area (Å²) in [5, 5.41) is 8.89. The molecule has 33 heavy (non-hydrogen) atoms. The number of nitrogens with one attached hydrogen (secondary N) is 2. The first-order chi connectivity index (χ1) is 15.9. The molecule has 3 rings (SSSR count). The maximum atomic E-state index is 12.4. The Labute approximate surface area is 191 Å². The highest BCUT2D eigenvalue weighted by molar-refractivity contribution is 5.96. The number of carbonyl (C=O) groups excluding carboxylic acids is 2.